The molecule has 6 nitrogen and oxygen atoms in total. The van der Waals surface area contributed by atoms with E-state index in [9.17, 15) is 4.79 Å². The zero-order valence-corrected chi connectivity index (χ0v) is 17.6. The molecule has 1 aliphatic rings. The molecule has 0 saturated carbocycles. The Bertz CT molecular complexity index is 633. The second-order valence-corrected chi connectivity index (χ2v) is 7.58. The average Bonchev–Trinajstić information content (AvgIpc) is 3.08. The van der Waals surface area contributed by atoms with Crippen molar-refractivity contribution in [2.45, 2.75) is 58.8 Å². The molecule has 0 aromatic heterocycles. The van der Waals surface area contributed by atoms with Crippen LogP contribution in [0.3, 0.4) is 0 Å². The van der Waals surface area contributed by atoms with Crippen molar-refractivity contribution in [2.75, 3.05) is 33.9 Å². The molecule has 1 saturated heterocycles. The average molecular weight is 378 g/mol. The molecule has 0 radical (unpaired) electrons. The monoisotopic (exact) mass is 377 g/mol. The van der Waals surface area contributed by atoms with Crippen molar-refractivity contribution in [2.24, 2.45) is 0 Å². The molecule has 2 N–H and O–H groups in total. The fourth-order valence-corrected chi connectivity index (χ4v) is 3.75. The molecular formula is C21H35N3O3. The van der Waals surface area contributed by atoms with Gasteiger partial charge < -0.3 is 20.1 Å². The van der Waals surface area contributed by atoms with E-state index >= 15 is 0 Å². The van der Waals surface area contributed by atoms with Gasteiger partial charge in [-0.05, 0) is 56.9 Å². The number of amides is 1. The van der Waals surface area contributed by atoms with Crippen molar-refractivity contribution < 1.29 is 14.3 Å². The molecule has 2 atom stereocenters. The summed E-state index contributed by atoms with van der Waals surface area (Å²) in [4.78, 5) is 14.9. The molecule has 0 spiro atoms. The zero-order chi connectivity index (χ0) is 20.0. The Balaban J connectivity index is 1.97. The summed E-state index contributed by atoms with van der Waals surface area (Å²) >= 11 is 0. The van der Waals surface area contributed by atoms with Gasteiger partial charge in [0.05, 0.1) is 19.8 Å². The van der Waals surface area contributed by atoms with Gasteiger partial charge in [-0.1, -0.05) is 6.07 Å². The van der Waals surface area contributed by atoms with Crippen LogP contribution in [0.4, 0.5) is 0 Å². The maximum absolute atomic E-state index is 12.6. The summed E-state index contributed by atoms with van der Waals surface area (Å²) in [5, 5.41) is 6.64. The van der Waals surface area contributed by atoms with Gasteiger partial charge in [0.15, 0.2) is 0 Å². The standard InChI is InChI=1S/C21H35N3O3/c1-14(2)24-13-18(11-19(24)21(25)22-9-10-26-5)23-12-17-7-8-20(27-6)16(4)15(17)3/h7-8,14,18-19,23H,9-13H2,1-6H3,(H,22,25)/t18-,19+/m1/s1. The van der Waals surface area contributed by atoms with Gasteiger partial charge in [-0.3, -0.25) is 9.69 Å². The van der Waals surface area contributed by atoms with Crippen LogP contribution in [0.5, 0.6) is 5.75 Å². The SMILES string of the molecule is COCCNC(=O)[C@@H]1C[C@@H](NCc2ccc(OC)c(C)c2C)CN1C(C)C. The Morgan fingerprint density at radius 3 is 2.63 bits per heavy atom. The third-order valence-corrected chi connectivity index (χ3v) is 5.56. The quantitative estimate of drug-likeness (QED) is 0.645. The summed E-state index contributed by atoms with van der Waals surface area (Å²) in [7, 11) is 3.35. The van der Waals surface area contributed by atoms with E-state index in [0.717, 1.165) is 25.3 Å². The lowest BCUT2D eigenvalue weighted by atomic mass is 10.0. The van der Waals surface area contributed by atoms with Crippen LogP contribution in [0.25, 0.3) is 0 Å². The summed E-state index contributed by atoms with van der Waals surface area (Å²) in [5.74, 6) is 1.03. The highest BCUT2D eigenvalue weighted by molar-refractivity contribution is 5.82. The second kappa shape index (κ2) is 10.1. The number of hydrogen-bond acceptors (Lipinski definition) is 5. The lowest BCUT2D eigenvalue weighted by Gasteiger charge is -2.27. The van der Waals surface area contributed by atoms with Gasteiger partial charge in [-0.15, -0.1) is 0 Å². The minimum absolute atomic E-state index is 0.0851. The first-order valence-electron chi connectivity index (χ1n) is 9.77. The van der Waals surface area contributed by atoms with Crippen LogP contribution in [0.15, 0.2) is 12.1 Å². The van der Waals surface area contributed by atoms with E-state index in [1.807, 2.05) is 6.07 Å². The lowest BCUT2D eigenvalue weighted by molar-refractivity contribution is -0.126. The van der Waals surface area contributed by atoms with E-state index in [-0.39, 0.29) is 11.9 Å². The Hall–Kier alpha value is -1.63. The third-order valence-electron chi connectivity index (χ3n) is 5.56. The number of nitrogens with one attached hydrogen (secondary N) is 2. The van der Waals surface area contributed by atoms with Gasteiger partial charge in [0.2, 0.25) is 5.91 Å². The summed E-state index contributed by atoms with van der Waals surface area (Å²) in [6.07, 6.45) is 0.825. The molecule has 0 bridgehead atoms. The predicted octanol–water partition coefficient (Wildman–Crippen LogP) is 2.02. The zero-order valence-electron chi connectivity index (χ0n) is 17.6. The highest BCUT2D eigenvalue weighted by Crippen LogP contribution is 2.25. The Labute approximate surface area is 163 Å². The van der Waals surface area contributed by atoms with Crippen molar-refractivity contribution in [1.82, 2.24) is 15.5 Å². The number of methoxy groups -OCH3 is 2. The molecule has 152 valence electrons. The smallest absolute Gasteiger partial charge is 0.237 e. The molecule has 6 heteroatoms. The number of likely N-dealkylation sites (tertiary alicyclic amines) is 1. The molecular weight excluding hydrogens is 342 g/mol. The van der Waals surface area contributed by atoms with Crippen LogP contribution in [-0.2, 0) is 16.1 Å². The fraction of sp³-hybridized carbons (Fsp3) is 0.667. The van der Waals surface area contributed by atoms with Gasteiger partial charge in [0.1, 0.15) is 5.75 Å². The summed E-state index contributed by atoms with van der Waals surface area (Å²) in [5.41, 5.74) is 3.72. The first kappa shape index (κ1) is 21.7. The Morgan fingerprint density at radius 2 is 2.00 bits per heavy atom. The van der Waals surface area contributed by atoms with E-state index in [1.54, 1.807) is 14.2 Å². The molecule has 27 heavy (non-hydrogen) atoms. The molecule has 1 aromatic rings. The Morgan fingerprint density at radius 1 is 1.26 bits per heavy atom. The van der Waals surface area contributed by atoms with E-state index in [1.165, 1.54) is 16.7 Å². The van der Waals surface area contributed by atoms with Crippen LogP contribution < -0.4 is 15.4 Å². The summed E-state index contributed by atoms with van der Waals surface area (Å²) in [6, 6.07) is 4.70. The van der Waals surface area contributed by atoms with Crippen molar-refractivity contribution in [3.63, 3.8) is 0 Å². The number of hydrogen-bond donors (Lipinski definition) is 2. The molecule has 1 aliphatic heterocycles. The first-order chi connectivity index (χ1) is 12.9. The maximum atomic E-state index is 12.6. The van der Waals surface area contributed by atoms with Crippen molar-refractivity contribution >= 4 is 5.91 Å². The Kier molecular flexibility index (Phi) is 8.07. The van der Waals surface area contributed by atoms with Gasteiger partial charge in [0.25, 0.3) is 0 Å². The predicted molar refractivity (Wildman–Crippen MR) is 108 cm³/mol. The van der Waals surface area contributed by atoms with Crippen LogP contribution in [0, 0.1) is 13.8 Å². The van der Waals surface area contributed by atoms with Gasteiger partial charge >= 0.3 is 0 Å². The van der Waals surface area contributed by atoms with Gasteiger partial charge in [-0.2, -0.15) is 0 Å². The van der Waals surface area contributed by atoms with Crippen molar-refractivity contribution in [1.29, 1.82) is 0 Å². The molecule has 1 aromatic carbocycles. The topological polar surface area (TPSA) is 62.8 Å². The summed E-state index contributed by atoms with van der Waals surface area (Å²) < 4.78 is 10.4. The first-order valence-corrected chi connectivity index (χ1v) is 9.77. The minimum atomic E-state index is -0.0851. The molecule has 1 amide bonds. The number of ether oxygens (including phenoxy) is 2. The highest BCUT2D eigenvalue weighted by Gasteiger charge is 2.37. The van der Waals surface area contributed by atoms with E-state index in [0.29, 0.717) is 25.2 Å². The van der Waals surface area contributed by atoms with Gasteiger partial charge in [-0.25, -0.2) is 0 Å². The van der Waals surface area contributed by atoms with Gasteiger partial charge in [0, 0.05) is 38.8 Å². The highest BCUT2D eigenvalue weighted by atomic mass is 16.5. The number of rotatable bonds is 9. The maximum Gasteiger partial charge on any atom is 0.237 e. The number of carbonyl (C=O) groups excluding carboxylic acids is 1. The number of nitrogens with zero attached hydrogens (tertiary/aromatic N) is 1. The molecule has 1 fully saturated rings. The lowest BCUT2D eigenvalue weighted by Crippen LogP contribution is -2.46. The molecule has 2 rings (SSSR count). The van der Waals surface area contributed by atoms with Crippen LogP contribution >= 0.6 is 0 Å². The normalized spacial score (nSPS) is 20.3. The van der Waals surface area contributed by atoms with E-state index in [4.69, 9.17) is 9.47 Å². The van der Waals surface area contributed by atoms with E-state index in [2.05, 4.69) is 49.3 Å². The minimum Gasteiger partial charge on any atom is -0.496 e. The largest absolute Gasteiger partial charge is 0.496 e. The summed E-state index contributed by atoms with van der Waals surface area (Å²) in [6.45, 7) is 11.3. The molecule has 1 heterocycles. The number of benzene rings is 1. The van der Waals surface area contributed by atoms with Crippen LogP contribution in [0.1, 0.15) is 37.0 Å². The van der Waals surface area contributed by atoms with Crippen LogP contribution in [0.2, 0.25) is 0 Å². The molecule has 0 aliphatic carbocycles. The number of carbonyl (C=O) groups is 1. The third kappa shape index (κ3) is 5.43. The molecule has 0 unspecified atom stereocenters. The van der Waals surface area contributed by atoms with E-state index < -0.39 is 0 Å². The van der Waals surface area contributed by atoms with Crippen molar-refractivity contribution in [3.8, 4) is 5.75 Å². The van der Waals surface area contributed by atoms with Crippen molar-refractivity contribution in [3.05, 3.63) is 28.8 Å². The second-order valence-electron chi connectivity index (χ2n) is 7.58. The van der Waals surface area contributed by atoms with Crippen LogP contribution in [-0.4, -0.2) is 62.8 Å². The fourth-order valence-electron chi connectivity index (χ4n) is 3.75.